The van der Waals surface area contributed by atoms with Gasteiger partial charge < -0.3 is 14.3 Å². The Labute approximate surface area is 165 Å². The summed E-state index contributed by atoms with van der Waals surface area (Å²) in [5, 5.41) is 0.950. The first-order valence-corrected chi connectivity index (χ1v) is 10.3. The van der Waals surface area contributed by atoms with E-state index in [2.05, 4.69) is 87.1 Å². The summed E-state index contributed by atoms with van der Waals surface area (Å²) in [6.07, 6.45) is 0. The second-order valence-electron chi connectivity index (χ2n) is 8.18. The third kappa shape index (κ3) is 3.66. The van der Waals surface area contributed by atoms with Crippen LogP contribution in [0, 0.1) is 6.92 Å². The van der Waals surface area contributed by atoms with Gasteiger partial charge in [0.2, 0.25) is 0 Å². The molecule has 4 rings (SSSR count). The Morgan fingerprint density at radius 2 is 1.67 bits per heavy atom. The maximum Gasteiger partial charge on any atom is 0.494 e. The highest BCUT2D eigenvalue weighted by atomic mass is 32.2. The SMILES string of the molecule is Cc1ccc2nc(SCc3ccc(B4OC(C)(C)C(C)(C)O4)cc3)[nH]c2c1. The molecule has 6 heteroatoms. The Morgan fingerprint density at radius 3 is 2.33 bits per heavy atom. The Morgan fingerprint density at radius 1 is 1.00 bits per heavy atom. The fourth-order valence-corrected chi connectivity index (χ4v) is 3.91. The maximum atomic E-state index is 6.12. The Hall–Kier alpha value is -1.76. The number of nitrogens with one attached hydrogen (secondary N) is 1. The van der Waals surface area contributed by atoms with Gasteiger partial charge in [-0.15, -0.1) is 0 Å². The van der Waals surface area contributed by atoms with Crippen LogP contribution in [0.2, 0.25) is 0 Å². The van der Waals surface area contributed by atoms with Gasteiger partial charge >= 0.3 is 7.12 Å². The molecule has 0 radical (unpaired) electrons. The summed E-state index contributed by atoms with van der Waals surface area (Å²) < 4.78 is 12.2. The maximum absolute atomic E-state index is 6.12. The first-order valence-electron chi connectivity index (χ1n) is 9.27. The summed E-state index contributed by atoms with van der Waals surface area (Å²) in [5.74, 6) is 0.864. The zero-order valence-electron chi connectivity index (χ0n) is 16.5. The number of nitrogens with zero attached hydrogens (tertiary/aromatic N) is 1. The summed E-state index contributed by atoms with van der Waals surface area (Å²) in [6, 6.07) is 14.8. The first-order chi connectivity index (χ1) is 12.7. The number of aromatic amines is 1. The molecule has 0 unspecified atom stereocenters. The number of rotatable bonds is 4. The highest BCUT2D eigenvalue weighted by Gasteiger charge is 2.51. The second kappa shape index (κ2) is 6.69. The average molecular weight is 380 g/mol. The summed E-state index contributed by atoms with van der Waals surface area (Å²) in [7, 11) is -0.310. The van der Waals surface area contributed by atoms with Gasteiger partial charge in [-0.25, -0.2) is 4.98 Å². The molecular weight excluding hydrogens is 355 g/mol. The molecule has 2 aromatic carbocycles. The predicted molar refractivity (Wildman–Crippen MR) is 113 cm³/mol. The van der Waals surface area contributed by atoms with E-state index in [1.807, 2.05) is 0 Å². The number of aromatic nitrogens is 2. The molecule has 1 saturated heterocycles. The van der Waals surface area contributed by atoms with Crippen molar-refractivity contribution in [2.75, 3.05) is 0 Å². The monoisotopic (exact) mass is 380 g/mol. The van der Waals surface area contributed by atoms with Crippen LogP contribution < -0.4 is 5.46 Å². The molecule has 1 fully saturated rings. The molecule has 1 aromatic heterocycles. The third-order valence-corrected chi connectivity index (χ3v) is 6.44. The molecule has 0 aliphatic carbocycles. The number of benzene rings is 2. The number of fused-ring (bicyclic) bond motifs is 1. The Bertz CT molecular complexity index is 950. The lowest BCUT2D eigenvalue weighted by Gasteiger charge is -2.32. The normalized spacial score (nSPS) is 18.3. The van der Waals surface area contributed by atoms with Crippen LogP contribution in [0.4, 0.5) is 0 Å². The van der Waals surface area contributed by atoms with Crippen molar-refractivity contribution >= 4 is 35.4 Å². The largest absolute Gasteiger partial charge is 0.494 e. The molecule has 0 bridgehead atoms. The highest BCUT2D eigenvalue weighted by molar-refractivity contribution is 7.98. The van der Waals surface area contributed by atoms with E-state index in [1.54, 1.807) is 11.8 Å². The van der Waals surface area contributed by atoms with Crippen LogP contribution in [0.5, 0.6) is 0 Å². The van der Waals surface area contributed by atoms with Gasteiger partial charge in [0.1, 0.15) is 0 Å². The topological polar surface area (TPSA) is 47.1 Å². The van der Waals surface area contributed by atoms with Gasteiger partial charge in [-0.05, 0) is 63.3 Å². The lowest BCUT2D eigenvalue weighted by atomic mass is 9.79. The van der Waals surface area contributed by atoms with E-state index in [-0.39, 0.29) is 18.3 Å². The third-order valence-electron chi connectivity index (χ3n) is 5.50. The molecule has 140 valence electrons. The van der Waals surface area contributed by atoms with Crippen molar-refractivity contribution in [3.05, 3.63) is 53.6 Å². The molecule has 4 nitrogen and oxygen atoms in total. The lowest BCUT2D eigenvalue weighted by molar-refractivity contribution is 0.00578. The fraction of sp³-hybridized carbons (Fsp3) is 0.381. The van der Waals surface area contributed by atoms with Gasteiger partial charge in [0.25, 0.3) is 0 Å². The zero-order chi connectivity index (χ0) is 19.2. The Kier molecular flexibility index (Phi) is 4.61. The second-order valence-corrected chi connectivity index (χ2v) is 9.15. The quantitative estimate of drug-likeness (QED) is 0.536. The number of aryl methyl sites for hydroxylation is 1. The molecule has 2 heterocycles. The van der Waals surface area contributed by atoms with Gasteiger partial charge in [-0.2, -0.15) is 0 Å². The van der Waals surface area contributed by atoms with E-state index in [1.165, 1.54) is 11.1 Å². The zero-order valence-corrected chi connectivity index (χ0v) is 17.3. The number of hydrogen-bond acceptors (Lipinski definition) is 4. The summed E-state index contributed by atoms with van der Waals surface area (Å²) in [4.78, 5) is 8.04. The summed E-state index contributed by atoms with van der Waals surface area (Å²) in [5.41, 5.74) is 5.02. The van der Waals surface area contributed by atoms with Crippen molar-refractivity contribution < 1.29 is 9.31 Å². The van der Waals surface area contributed by atoms with E-state index in [4.69, 9.17) is 9.31 Å². The van der Waals surface area contributed by atoms with Gasteiger partial charge in [0.15, 0.2) is 5.16 Å². The van der Waals surface area contributed by atoms with Crippen molar-refractivity contribution in [2.45, 2.75) is 56.7 Å². The number of H-pyrrole nitrogens is 1. The van der Waals surface area contributed by atoms with E-state index in [0.717, 1.165) is 27.4 Å². The van der Waals surface area contributed by atoms with Crippen molar-refractivity contribution in [1.82, 2.24) is 9.97 Å². The standard InChI is InChI=1S/C21H25BN2O2S/c1-14-6-11-17-18(12-14)24-19(23-17)27-13-15-7-9-16(10-8-15)22-25-20(2,3)21(4,5)26-22/h6-12H,13H2,1-5H3,(H,23,24). The molecule has 0 spiro atoms. The van der Waals surface area contributed by atoms with Crippen LogP contribution in [0.15, 0.2) is 47.6 Å². The molecule has 0 atom stereocenters. The number of imidazole rings is 1. The minimum Gasteiger partial charge on any atom is -0.399 e. The molecule has 1 aliphatic heterocycles. The van der Waals surface area contributed by atoms with Gasteiger partial charge in [-0.1, -0.05) is 42.1 Å². The van der Waals surface area contributed by atoms with Crippen molar-refractivity contribution in [3.8, 4) is 0 Å². The molecule has 1 N–H and O–H groups in total. The van der Waals surface area contributed by atoms with Crippen molar-refractivity contribution in [3.63, 3.8) is 0 Å². The minimum absolute atomic E-state index is 0.310. The van der Waals surface area contributed by atoms with E-state index >= 15 is 0 Å². The van der Waals surface area contributed by atoms with E-state index in [0.29, 0.717) is 0 Å². The van der Waals surface area contributed by atoms with Crippen LogP contribution in [-0.4, -0.2) is 28.3 Å². The number of thioether (sulfide) groups is 1. The van der Waals surface area contributed by atoms with Crippen molar-refractivity contribution in [1.29, 1.82) is 0 Å². The molecule has 3 aromatic rings. The average Bonchev–Trinajstić information content (AvgIpc) is 3.10. The van der Waals surface area contributed by atoms with E-state index < -0.39 is 0 Å². The smallest absolute Gasteiger partial charge is 0.399 e. The minimum atomic E-state index is -0.314. The molecular formula is C21H25BN2O2S. The van der Waals surface area contributed by atoms with Crippen LogP contribution in [0.3, 0.4) is 0 Å². The molecule has 0 saturated carbocycles. The van der Waals surface area contributed by atoms with Crippen LogP contribution >= 0.6 is 11.8 Å². The molecule has 27 heavy (non-hydrogen) atoms. The van der Waals surface area contributed by atoms with Gasteiger partial charge in [0, 0.05) is 5.75 Å². The van der Waals surface area contributed by atoms with Gasteiger partial charge in [0.05, 0.1) is 22.2 Å². The highest BCUT2D eigenvalue weighted by Crippen LogP contribution is 2.36. The Balaban J connectivity index is 1.42. The van der Waals surface area contributed by atoms with Crippen LogP contribution in [-0.2, 0) is 15.1 Å². The van der Waals surface area contributed by atoms with Crippen LogP contribution in [0.25, 0.3) is 11.0 Å². The fourth-order valence-electron chi connectivity index (χ4n) is 3.07. The van der Waals surface area contributed by atoms with Crippen molar-refractivity contribution in [2.24, 2.45) is 0 Å². The number of hydrogen-bond donors (Lipinski definition) is 1. The summed E-state index contributed by atoms with van der Waals surface area (Å²) in [6.45, 7) is 10.4. The molecule has 1 aliphatic rings. The summed E-state index contributed by atoms with van der Waals surface area (Å²) >= 11 is 1.71. The molecule has 0 amide bonds. The first kappa shape index (κ1) is 18.6. The lowest BCUT2D eigenvalue weighted by Crippen LogP contribution is -2.41. The van der Waals surface area contributed by atoms with E-state index in [9.17, 15) is 0 Å². The van der Waals surface area contributed by atoms with Crippen LogP contribution in [0.1, 0.15) is 38.8 Å². The van der Waals surface area contributed by atoms with Gasteiger partial charge in [-0.3, -0.25) is 0 Å². The predicted octanol–water partition coefficient (Wildman–Crippen LogP) is 4.46.